The monoisotopic (exact) mass is 345 g/mol. The lowest BCUT2D eigenvalue weighted by atomic mass is 10.2. The van der Waals surface area contributed by atoms with Gasteiger partial charge in [-0.1, -0.05) is 41.4 Å². The summed E-state index contributed by atoms with van der Waals surface area (Å²) >= 11 is 11.8. The van der Waals surface area contributed by atoms with Crippen LogP contribution in [0.25, 0.3) is 5.69 Å². The number of carbonyl (C=O) groups is 1. The molecule has 0 saturated carbocycles. The van der Waals surface area contributed by atoms with Gasteiger partial charge in [-0.15, -0.1) is 0 Å². The topological polar surface area (TPSA) is 46.9 Å². The van der Waals surface area contributed by atoms with Crippen LogP contribution < -0.4 is 5.32 Å². The number of amides is 1. The Kier molecular flexibility index (Phi) is 4.65. The molecule has 2 aromatic carbocycles. The molecule has 6 heteroatoms. The third-order valence-electron chi connectivity index (χ3n) is 3.17. The van der Waals surface area contributed by atoms with Crippen LogP contribution in [0.2, 0.25) is 10.0 Å². The van der Waals surface area contributed by atoms with Gasteiger partial charge in [0.15, 0.2) is 0 Å². The van der Waals surface area contributed by atoms with Crippen LogP contribution in [0.3, 0.4) is 0 Å². The molecule has 23 heavy (non-hydrogen) atoms. The second kappa shape index (κ2) is 6.86. The van der Waals surface area contributed by atoms with Crippen molar-refractivity contribution in [2.24, 2.45) is 0 Å². The van der Waals surface area contributed by atoms with Gasteiger partial charge in [0.1, 0.15) is 0 Å². The largest absolute Gasteiger partial charge is 0.326 e. The number of anilines is 1. The van der Waals surface area contributed by atoms with Crippen LogP contribution in [0.5, 0.6) is 0 Å². The molecule has 3 rings (SSSR count). The van der Waals surface area contributed by atoms with Crippen molar-refractivity contribution >= 4 is 34.8 Å². The van der Waals surface area contributed by atoms with E-state index in [2.05, 4.69) is 10.4 Å². The SMILES string of the molecule is O=C(Cc1cnn(-c2ccccc2)c1)Nc1cc(Cl)cc(Cl)c1. The lowest BCUT2D eigenvalue weighted by Crippen LogP contribution is -2.14. The zero-order valence-corrected chi connectivity index (χ0v) is 13.6. The van der Waals surface area contributed by atoms with Crippen molar-refractivity contribution in [3.63, 3.8) is 0 Å². The van der Waals surface area contributed by atoms with Crippen molar-refractivity contribution in [3.8, 4) is 5.69 Å². The maximum absolute atomic E-state index is 12.1. The molecule has 1 N–H and O–H groups in total. The highest BCUT2D eigenvalue weighted by atomic mass is 35.5. The highest BCUT2D eigenvalue weighted by Crippen LogP contribution is 2.22. The van der Waals surface area contributed by atoms with Gasteiger partial charge >= 0.3 is 0 Å². The van der Waals surface area contributed by atoms with Crippen LogP contribution >= 0.6 is 23.2 Å². The Balaban J connectivity index is 1.68. The van der Waals surface area contributed by atoms with E-state index in [9.17, 15) is 4.79 Å². The standard InChI is InChI=1S/C17H13Cl2N3O/c18-13-7-14(19)9-15(8-13)21-17(23)6-12-10-20-22(11-12)16-4-2-1-3-5-16/h1-5,7-11H,6H2,(H,21,23). The first-order valence-corrected chi connectivity index (χ1v) is 7.71. The zero-order chi connectivity index (χ0) is 16.2. The van der Waals surface area contributed by atoms with Crippen molar-refractivity contribution < 1.29 is 4.79 Å². The molecule has 0 saturated heterocycles. The molecule has 0 atom stereocenters. The molecular formula is C17H13Cl2N3O. The third-order valence-corrected chi connectivity index (χ3v) is 3.60. The summed E-state index contributed by atoms with van der Waals surface area (Å²) in [7, 11) is 0. The van der Waals surface area contributed by atoms with Crippen LogP contribution in [-0.4, -0.2) is 15.7 Å². The Morgan fingerprint density at radius 2 is 1.78 bits per heavy atom. The van der Waals surface area contributed by atoms with Crippen molar-refractivity contribution in [2.45, 2.75) is 6.42 Å². The fourth-order valence-corrected chi connectivity index (χ4v) is 2.72. The van der Waals surface area contributed by atoms with Crippen molar-refractivity contribution in [2.75, 3.05) is 5.32 Å². The van der Waals surface area contributed by atoms with Gasteiger partial charge in [0.25, 0.3) is 0 Å². The van der Waals surface area contributed by atoms with E-state index in [0.717, 1.165) is 11.3 Å². The van der Waals surface area contributed by atoms with Gasteiger partial charge in [0.2, 0.25) is 5.91 Å². The number of carbonyl (C=O) groups excluding carboxylic acids is 1. The molecule has 3 aromatic rings. The summed E-state index contributed by atoms with van der Waals surface area (Å²) in [5, 5.41) is 8.00. The van der Waals surface area contributed by atoms with E-state index >= 15 is 0 Å². The summed E-state index contributed by atoms with van der Waals surface area (Å²) in [4.78, 5) is 12.1. The molecule has 116 valence electrons. The third kappa shape index (κ3) is 4.12. The number of hydrogen-bond acceptors (Lipinski definition) is 2. The summed E-state index contributed by atoms with van der Waals surface area (Å²) in [6.07, 6.45) is 3.73. The van der Waals surface area contributed by atoms with Crippen LogP contribution in [0.15, 0.2) is 60.9 Å². The predicted molar refractivity (Wildman–Crippen MR) is 92.4 cm³/mol. The van der Waals surface area contributed by atoms with Crippen LogP contribution in [-0.2, 0) is 11.2 Å². The first-order valence-electron chi connectivity index (χ1n) is 6.95. The van der Waals surface area contributed by atoms with E-state index < -0.39 is 0 Å². The Labute approximate surface area is 143 Å². The van der Waals surface area contributed by atoms with Crippen LogP contribution in [0, 0.1) is 0 Å². The van der Waals surface area contributed by atoms with E-state index in [4.69, 9.17) is 23.2 Å². The van der Waals surface area contributed by atoms with E-state index in [-0.39, 0.29) is 12.3 Å². The molecule has 4 nitrogen and oxygen atoms in total. The Morgan fingerprint density at radius 1 is 1.09 bits per heavy atom. The molecule has 0 aliphatic heterocycles. The lowest BCUT2D eigenvalue weighted by Gasteiger charge is -2.05. The van der Waals surface area contributed by atoms with Gasteiger partial charge in [0.05, 0.1) is 18.3 Å². The first-order chi connectivity index (χ1) is 11.1. The summed E-state index contributed by atoms with van der Waals surface area (Å²) < 4.78 is 1.73. The van der Waals surface area contributed by atoms with Gasteiger partial charge < -0.3 is 5.32 Å². The number of hydrogen-bond donors (Lipinski definition) is 1. The summed E-state index contributed by atoms with van der Waals surface area (Å²) in [6, 6.07) is 14.6. The van der Waals surface area contributed by atoms with E-state index in [0.29, 0.717) is 15.7 Å². The summed E-state index contributed by atoms with van der Waals surface area (Å²) in [5.41, 5.74) is 2.34. The van der Waals surface area contributed by atoms with Gasteiger partial charge in [-0.3, -0.25) is 4.79 Å². The number of halogens is 2. The molecule has 1 amide bonds. The van der Waals surface area contributed by atoms with E-state index in [1.807, 2.05) is 36.5 Å². The van der Waals surface area contributed by atoms with Gasteiger partial charge in [0, 0.05) is 21.9 Å². The number of rotatable bonds is 4. The summed E-state index contributed by atoms with van der Waals surface area (Å²) in [5.74, 6) is -0.157. The average Bonchev–Trinajstić information content (AvgIpc) is 2.95. The van der Waals surface area contributed by atoms with Gasteiger partial charge in [-0.2, -0.15) is 5.10 Å². The molecule has 1 heterocycles. The maximum Gasteiger partial charge on any atom is 0.228 e. The number of benzene rings is 2. The Hall–Kier alpha value is -2.30. The highest BCUT2D eigenvalue weighted by Gasteiger charge is 2.08. The minimum absolute atomic E-state index is 0.157. The number of aromatic nitrogens is 2. The highest BCUT2D eigenvalue weighted by molar-refractivity contribution is 6.35. The molecule has 0 unspecified atom stereocenters. The average molecular weight is 346 g/mol. The molecule has 0 aliphatic rings. The molecular weight excluding hydrogens is 333 g/mol. The smallest absolute Gasteiger partial charge is 0.228 e. The van der Waals surface area contributed by atoms with Crippen LogP contribution in [0.4, 0.5) is 5.69 Å². The van der Waals surface area contributed by atoms with Crippen molar-refractivity contribution in [1.29, 1.82) is 0 Å². The zero-order valence-electron chi connectivity index (χ0n) is 12.0. The first kappa shape index (κ1) is 15.6. The number of para-hydroxylation sites is 1. The quantitative estimate of drug-likeness (QED) is 0.763. The van der Waals surface area contributed by atoms with Crippen LogP contribution in [0.1, 0.15) is 5.56 Å². The molecule has 0 bridgehead atoms. The number of nitrogens with one attached hydrogen (secondary N) is 1. The minimum Gasteiger partial charge on any atom is -0.326 e. The van der Waals surface area contributed by atoms with Gasteiger partial charge in [-0.05, 0) is 35.9 Å². The molecule has 1 aromatic heterocycles. The van der Waals surface area contributed by atoms with Gasteiger partial charge in [-0.25, -0.2) is 4.68 Å². The predicted octanol–water partition coefficient (Wildman–Crippen LogP) is 4.36. The van der Waals surface area contributed by atoms with Crippen molar-refractivity contribution in [3.05, 3.63) is 76.5 Å². The lowest BCUT2D eigenvalue weighted by molar-refractivity contribution is -0.115. The second-order valence-electron chi connectivity index (χ2n) is 5.01. The molecule has 0 aliphatic carbocycles. The molecule has 0 spiro atoms. The maximum atomic E-state index is 12.1. The number of nitrogens with zero attached hydrogens (tertiary/aromatic N) is 2. The van der Waals surface area contributed by atoms with Crippen molar-refractivity contribution in [1.82, 2.24) is 9.78 Å². The van der Waals surface area contributed by atoms with E-state index in [1.54, 1.807) is 29.1 Å². The second-order valence-corrected chi connectivity index (χ2v) is 5.88. The Morgan fingerprint density at radius 3 is 2.48 bits per heavy atom. The normalized spacial score (nSPS) is 10.5. The Bertz CT molecular complexity index is 811. The minimum atomic E-state index is -0.157. The summed E-state index contributed by atoms with van der Waals surface area (Å²) in [6.45, 7) is 0. The molecule has 0 radical (unpaired) electrons. The molecule has 0 fully saturated rings. The van der Waals surface area contributed by atoms with E-state index in [1.165, 1.54) is 0 Å². The fourth-order valence-electron chi connectivity index (χ4n) is 2.19. The fraction of sp³-hybridized carbons (Fsp3) is 0.0588.